The summed E-state index contributed by atoms with van der Waals surface area (Å²) in [6, 6.07) is 10.6. The Morgan fingerprint density at radius 2 is 2.11 bits per heavy atom. The van der Waals surface area contributed by atoms with Crippen molar-refractivity contribution < 1.29 is 9.47 Å². The van der Waals surface area contributed by atoms with Gasteiger partial charge < -0.3 is 24.6 Å². The number of fused-ring (bicyclic) bond motifs is 5. The van der Waals surface area contributed by atoms with E-state index in [0.29, 0.717) is 19.2 Å². The van der Waals surface area contributed by atoms with Crippen molar-refractivity contribution in [2.75, 3.05) is 50.1 Å². The second kappa shape index (κ2) is 9.74. The van der Waals surface area contributed by atoms with Crippen LogP contribution < -0.4 is 19.7 Å². The summed E-state index contributed by atoms with van der Waals surface area (Å²) in [6.07, 6.45) is 9.21. The second-order valence-corrected chi connectivity index (χ2v) is 9.58. The SMILES string of the molecule is C/C=N\N1C=CC(Oc2ccc(Nc3ncnc4ccc5c(c34)OCC3CN(C)CCN53)cc2C)=CC1. The van der Waals surface area contributed by atoms with Crippen LogP contribution in [0, 0.1) is 6.92 Å². The molecule has 0 bridgehead atoms. The highest BCUT2D eigenvalue weighted by Crippen LogP contribution is 2.43. The lowest BCUT2D eigenvalue weighted by molar-refractivity contribution is 0.190. The second-order valence-electron chi connectivity index (χ2n) is 9.58. The van der Waals surface area contributed by atoms with Crippen molar-refractivity contribution in [1.29, 1.82) is 0 Å². The van der Waals surface area contributed by atoms with Gasteiger partial charge in [0.05, 0.1) is 29.2 Å². The van der Waals surface area contributed by atoms with Gasteiger partial charge in [-0.25, -0.2) is 9.97 Å². The molecule has 3 aliphatic heterocycles. The molecule has 37 heavy (non-hydrogen) atoms. The summed E-state index contributed by atoms with van der Waals surface area (Å²) in [6.45, 7) is 8.29. The number of allylic oxidation sites excluding steroid dienone is 1. The first-order valence-corrected chi connectivity index (χ1v) is 12.6. The Morgan fingerprint density at radius 3 is 2.92 bits per heavy atom. The minimum atomic E-state index is 0.358. The molecule has 0 amide bonds. The zero-order valence-corrected chi connectivity index (χ0v) is 21.4. The van der Waals surface area contributed by atoms with Gasteiger partial charge in [-0.2, -0.15) is 5.10 Å². The number of aryl methyl sites for hydroxylation is 1. The fraction of sp³-hybridized carbons (Fsp3) is 0.321. The average Bonchev–Trinajstić information content (AvgIpc) is 2.91. The Kier molecular flexibility index (Phi) is 6.13. The molecule has 1 aromatic heterocycles. The highest BCUT2D eigenvalue weighted by atomic mass is 16.5. The van der Waals surface area contributed by atoms with Gasteiger partial charge in [0.15, 0.2) is 5.75 Å². The van der Waals surface area contributed by atoms with Gasteiger partial charge >= 0.3 is 0 Å². The number of anilines is 3. The molecule has 9 nitrogen and oxygen atoms in total. The Bertz CT molecular complexity index is 1420. The first-order valence-electron chi connectivity index (χ1n) is 12.6. The quantitative estimate of drug-likeness (QED) is 0.523. The lowest BCUT2D eigenvalue weighted by Gasteiger charge is -2.44. The third kappa shape index (κ3) is 4.58. The molecule has 4 heterocycles. The van der Waals surface area contributed by atoms with E-state index in [2.05, 4.69) is 55.4 Å². The van der Waals surface area contributed by atoms with Crippen molar-refractivity contribution in [2.24, 2.45) is 5.10 Å². The zero-order valence-electron chi connectivity index (χ0n) is 21.4. The van der Waals surface area contributed by atoms with Crippen molar-refractivity contribution in [3.63, 3.8) is 0 Å². The lowest BCUT2D eigenvalue weighted by atomic mass is 10.1. The number of rotatable bonds is 5. The molecule has 0 saturated carbocycles. The fourth-order valence-electron chi connectivity index (χ4n) is 5.12. The maximum absolute atomic E-state index is 6.35. The molecule has 1 fully saturated rings. The highest BCUT2D eigenvalue weighted by Gasteiger charge is 2.33. The minimum Gasteiger partial charge on any atom is -0.488 e. The van der Waals surface area contributed by atoms with Crippen LogP contribution in [0.3, 0.4) is 0 Å². The highest BCUT2D eigenvalue weighted by molar-refractivity contribution is 6.00. The van der Waals surface area contributed by atoms with Crippen molar-refractivity contribution in [2.45, 2.75) is 19.9 Å². The number of nitrogens with one attached hydrogen (secondary N) is 1. The van der Waals surface area contributed by atoms with Gasteiger partial charge in [0.2, 0.25) is 0 Å². The van der Waals surface area contributed by atoms with Crippen LogP contribution in [0.1, 0.15) is 12.5 Å². The molecule has 6 rings (SSSR count). The molecule has 3 aliphatic rings. The zero-order chi connectivity index (χ0) is 25.4. The van der Waals surface area contributed by atoms with E-state index >= 15 is 0 Å². The Morgan fingerprint density at radius 1 is 1.19 bits per heavy atom. The molecule has 0 spiro atoms. The van der Waals surface area contributed by atoms with E-state index in [1.54, 1.807) is 12.5 Å². The lowest BCUT2D eigenvalue weighted by Crippen LogP contribution is -2.56. The van der Waals surface area contributed by atoms with E-state index in [9.17, 15) is 0 Å². The molecule has 2 aromatic carbocycles. The smallest absolute Gasteiger partial charge is 0.155 e. The van der Waals surface area contributed by atoms with Crippen molar-refractivity contribution >= 4 is 34.3 Å². The number of ether oxygens (including phenoxy) is 2. The average molecular weight is 498 g/mol. The van der Waals surface area contributed by atoms with Crippen LogP contribution in [0.25, 0.3) is 10.9 Å². The minimum absolute atomic E-state index is 0.358. The maximum Gasteiger partial charge on any atom is 0.155 e. The summed E-state index contributed by atoms with van der Waals surface area (Å²) in [5, 5.41) is 10.5. The molecule has 0 aliphatic carbocycles. The molecular formula is C28H31N7O2. The predicted octanol–water partition coefficient (Wildman–Crippen LogP) is 4.29. The normalized spacial score (nSPS) is 19.4. The summed E-state index contributed by atoms with van der Waals surface area (Å²) in [5.74, 6) is 3.20. The van der Waals surface area contributed by atoms with Crippen molar-refractivity contribution in [3.8, 4) is 11.5 Å². The number of hydrogen-bond donors (Lipinski definition) is 1. The van der Waals surface area contributed by atoms with Gasteiger partial charge in [-0.15, -0.1) is 0 Å². The van der Waals surface area contributed by atoms with Crippen LogP contribution in [-0.2, 0) is 0 Å². The van der Waals surface area contributed by atoms with E-state index in [1.807, 2.05) is 49.3 Å². The molecule has 1 saturated heterocycles. The van der Waals surface area contributed by atoms with Crippen LogP contribution in [0.15, 0.2) is 65.9 Å². The number of benzene rings is 2. The van der Waals surface area contributed by atoms with Crippen LogP contribution in [0.2, 0.25) is 0 Å². The predicted molar refractivity (Wildman–Crippen MR) is 147 cm³/mol. The van der Waals surface area contributed by atoms with Gasteiger partial charge in [0.1, 0.15) is 30.3 Å². The van der Waals surface area contributed by atoms with Crippen LogP contribution in [0.4, 0.5) is 17.2 Å². The van der Waals surface area contributed by atoms with Gasteiger partial charge in [0, 0.05) is 37.7 Å². The third-order valence-electron chi connectivity index (χ3n) is 6.97. The number of aromatic nitrogens is 2. The number of piperazine rings is 1. The first-order chi connectivity index (χ1) is 18.1. The van der Waals surface area contributed by atoms with Crippen LogP contribution >= 0.6 is 0 Å². The Labute approximate surface area is 216 Å². The Hall–Kier alpha value is -4.11. The molecule has 1 N–H and O–H groups in total. The monoisotopic (exact) mass is 497 g/mol. The van der Waals surface area contributed by atoms with Gasteiger partial charge in [0.25, 0.3) is 0 Å². The Balaban J connectivity index is 1.25. The van der Waals surface area contributed by atoms with E-state index < -0.39 is 0 Å². The molecule has 190 valence electrons. The summed E-state index contributed by atoms with van der Waals surface area (Å²) in [7, 11) is 2.17. The number of hydrazone groups is 1. The van der Waals surface area contributed by atoms with E-state index in [1.165, 1.54) is 0 Å². The van der Waals surface area contributed by atoms with Crippen LogP contribution in [0.5, 0.6) is 11.5 Å². The molecule has 1 atom stereocenters. The fourth-order valence-corrected chi connectivity index (χ4v) is 5.12. The summed E-state index contributed by atoms with van der Waals surface area (Å²) in [4.78, 5) is 13.9. The number of nitrogens with zero attached hydrogens (tertiary/aromatic N) is 6. The van der Waals surface area contributed by atoms with E-state index in [0.717, 1.165) is 70.6 Å². The van der Waals surface area contributed by atoms with Gasteiger partial charge in [-0.3, -0.25) is 5.01 Å². The van der Waals surface area contributed by atoms with E-state index in [-0.39, 0.29) is 0 Å². The van der Waals surface area contributed by atoms with Gasteiger partial charge in [-0.05, 0) is 68.9 Å². The third-order valence-corrected chi connectivity index (χ3v) is 6.97. The van der Waals surface area contributed by atoms with Crippen molar-refractivity contribution in [1.82, 2.24) is 19.9 Å². The van der Waals surface area contributed by atoms with Crippen LogP contribution in [-0.4, -0.2) is 72.0 Å². The number of hydrogen-bond acceptors (Lipinski definition) is 9. The summed E-state index contributed by atoms with van der Waals surface area (Å²) < 4.78 is 12.5. The molecule has 0 radical (unpaired) electrons. The first kappa shape index (κ1) is 23.3. The summed E-state index contributed by atoms with van der Waals surface area (Å²) >= 11 is 0. The molecule has 9 heteroatoms. The number of likely N-dealkylation sites (N-methyl/N-ethyl adjacent to an activating group) is 1. The summed E-state index contributed by atoms with van der Waals surface area (Å²) in [5.41, 5.74) is 3.92. The molecule has 1 unspecified atom stereocenters. The van der Waals surface area contributed by atoms with Crippen molar-refractivity contribution in [3.05, 3.63) is 66.3 Å². The molecule has 3 aromatic rings. The van der Waals surface area contributed by atoms with Gasteiger partial charge in [-0.1, -0.05) is 0 Å². The van der Waals surface area contributed by atoms with E-state index in [4.69, 9.17) is 9.47 Å². The molecular weight excluding hydrogens is 466 g/mol. The largest absolute Gasteiger partial charge is 0.488 e. The standard InChI is InChI=1S/C28H31N7O2/c1-4-31-34-11-9-22(10-12-34)37-25-8-5-20(15-19(25)2)32-28-26-23(29-18-30-28)6-7-24-27(26)36-17-21-16-33(3)13-14-35(21)24/h4-11,15,18,21H,12-14,16-17H2,1-3H3,(H,29,30,32)/b31-4-. The maximum atomic E-state index is 6.35. The topological polar surface area (TPSA) is 78.3 Å².